The molecule has 4 heteroatoms. The van der Waals surface area contributed by atoms with Gasteiger partial charge in [-0.05, 0) is 25.4 Å². The molecule has 0 spiro atoms. The Morgan fingerprint density at radius 2 is 2.38 bits per heavy atom. The largest absolute Gasteiger partial charge is 1.00 e. The van der Waals surface area contributed by atoms with Crippen molar-refractivity contribution in [1.82, 2.24) is 0 Å². The van der Waals surface area contributed by atoms with Crippen LogP contribution in [-0.2, 0) is 9.47 Å². The van der Waals surface area contributed by atoms with Crippen molar-refractivity contribution in [2.45, 2.75) is 19.4 Å². The van der Waals surface area contributed by atoms with Crippen molar-refractivity contribution in [3.63, 3.8) is 0 Å². The Morgan fingerprint density at radius 3 is 2.94 bits per heavy atom. The van der Waals surface area contributed by atoms with Gasteiger partial charge in [0.1, 0.15) is 0 Å². The fourth-order valence-electron chi connectivity index (χ4n) is 1.24. The first-order chi connectivity index (χ1) is 7.38. The number of hydrogen-bond acceptors (Lipinski definition) is 3. The van der Waals surface area contributed by atoms with Crippen LogP contribution in [0.15, 0.2) is 29.2 Å². The van der Waals surface area contributed by atoms with Crippen LogP contribution in [0.25, 0.3) is 0 Å². The van der Waals surface area contributed by atoms with Crippen LogP contribution in [0.1, 0.15) is 25.2 Å². The molecule has 0 N–H and O–H groups in total. The van der Waals surface area contributed by atoms with Crippen LogP contribution in [0.5, 0.6) is 0 Å². The molecule has 0 fully saturated rings. The molecule has 3 nitrogen and oxygen atoms in total. The molecular weight excluding hydrogens is 199 g/mol. The van der Waals surface area contributed by atoms with Crippen LogP contribution in [0.3, 0.4) is 0 Å². The van der Waals surface area contributed by atoms with Crippen LogP contribution < -0.4 is 18.9 Å². The van der Waals surface area contributed by atoms with Gasteiger partial charge in [-0.1, -0.05) is 6.08 Å². The molecule has 0 aromatic carbocycles. The van der Waals surface area contributed by atoms with E-state index < -0.39 is 0 Å². The Morgan fingerprint density at radius 1 is 1.56 bits per heavy atom. The predicted octanol–water partition coefficient (Wildman–Crippen LogP) is -0.246. The second kappa shape index (κ2) is 9.74. The van der Waals surface area contributed by atoms with Crippen molar-refractivity contribution in [2.75, 3.05) is 19.8 Å². The van der Waals surface area contributed by atoms with Gasteiger partial charge in [0.15, 0.2) is 0 Å². The number of furan rings is 1. The summed E-state index contributed by atoms with van der Waals surface area (Å²) in [6, 6.07) is 3.59. The minimum atomic E-state index is -0.0748. The molecular formula is C12H17LiO3. The fraction of sp³-hybridized carbons (Fsp3) is 0.500. The fourth-order valence-corrected chi connectivity index (χ4v) is 1.24. The van der Waals surface area contributed by atoms with Crippen LogP contribution in [-0.4, -0.2) is 19.8 Å². The molecule has 16 heavy (non-hydrogen) atoms. The normalized spacial score (nSPS) is 11.8. The molecule has 0 saturated heterocycles. The monoisotopic (exact) mass is 216 g/mol. The maximum absolute atomic E-state index is 5.62. The standard InChI is InChI=1S/C12H17O3.Li/c1-3-6-11(12-7-5-8-14-12)15-10-9-13-4-2;/h3,5,7,11H,1,4,6,9-10H2,2H3;/q-1;+1/t11-;/m0./s1. The number of ether oxygens (including phenoxy) is 2. The van der Waals surface area contributed by atoms with Gasteiger partial charge in [-0.25, -0.2) is 0 Å². The summed E-state index contributed by atoms with van der Waals surface area (Å²) in [5, 5.41) is 0. The minimum absolute atomic E-state index is 0. The first kappa shape index (κ1) is 15.5. The van der Waals surface area contributed by atoms with Crippen molar-refractivity contribution < 1.29 is 32.8 Å². The Bertz CT molecular complexity index is 259. The van der Waals surface area contributed by atoms with Crippen molar-refractivity contribution >= 4 is 0 Å². The summed E-state index contributed by atoms with van der Waals surface area (Å²) in [5.74, 6) is 0.784. The second-order valence-electron chi connectivity index (χ2n) is 3.04. The summed E-state index contributed by atoms with van der Waals surface area (Å²) in [5.41, 5.74) is 0. The third-order valence-electron chi connectivity index (χ3n) is 1.94. The molecule has 1 aromatic rings. The number of rotatable bonds is 8. The Hall–Kier alpha value is -0.463. The zero-order valence-corrected chi connectivity index (χ0v) is 10.1. The first-order valence-corrected chi connectivity index (χ1v) is 5.14. The molecule has 1 atom stereocenters. The molecule has 0 bridgehead atoms. The molecule has 0 aliphatic rings. The second-order valence-corrected chi connectivity index (χ2v) is 3.04. The minimum Gasteiger partial charge on any atom is -0.593 e. The SMILES string of the molecule is C=CC[C@H](OCCOCC)c1cc[c-]o1.[Li+]. The van der Waals surface area contributed by atoms with Gasteiger partial charge in [0, 0.05) is 6.61 Å². The van der Waals surface area contributed by atoms with E-state index in [1.54, 1.807) is 6.07 Å². The molecule has 0 radical (unpaired) electrons. The molecule has 84 valence electrons. The van der Waals surface area contributed by atoms with E-state index in [0.717, 1.165) is 12.2 Å². The zero-order valence-electron chi connectivity index (χ0n) is 10.1. The third-order valence-corrected chi connectivity index (χ3v) is 1.94. The van der Waals surface area contributed by atoms with E-state index in [2.05, 4.69) is 12.8 Å². The Kier molecular flexibility index (Phi) is 9.46. The molecule has 0 saturated carbocycles. The van der Waals surface area contributed by atoms with Gasteiger partial charge < -0.3 is 13.9 Å². The van der Waals surface area contributed by atoms with Gasteiger partial charge in [0.2, 0.25) is 0 Å². The van der Waals surface area contributed by atoms with E-state index in [1.807, 2.05) is 19.1 Å². The molecule has 1 rings (SSSR count). The number of hydrogen-bond donors (Lipinski definition) is 0. The van der Waals surface area contributed by atoms with Crippen molar-refractivity contribution in [2.24, 2.45) is 0 Å². The first-order valence-electron chi connectivity index (χ1n) is 5.14. The van der Waals surface area contributed by atoms with Gasteiger partial charge in [0.25, 0.3) is 0 Å². The van der Waals surface area contributed by atoms with Gasteiger partial charge in [0.05, 0.1) is 19.3 Å². The van der Waals surface area contributed by atoms with E-state index >= 15 is 0 Å². The summed E-state index contributed by atoms with van der Waals surface area (Å²) in [6.45, 7) is 7.53. The smallest absolute Gasteiger partial charge is 0.593 e. The molecule has 1 heterocycles. The van der Waals surface area contributed by atoms with Crippen LogP contribution >= 0.6 is 0 Å². The average molecular weight is 216 g/mol. The van der Waals surface area contributed by atoms with Crippen LogP contribution in [0, 0.1) is 6.26 Å². The maximum Gasteiger partial charge on any atom is 1.00 e. The van der Waals surface area contributed by atoms with Crippen LogP contribution in [0.4, 0.5) is 0 Å². The topological polar surface area (TPSA) is 31.6 Å². The quantitative estimate of drug-likeness (QED) is 0.260. The van der Waals surface area contributed by atoms with Crippen molar-refractivity contribution in [3.8, 4) is 0 Å². The van der Waals surface area contributed by atoms with Crippen molar-refractivity contribution in [1.29, 1.82) is 0 Å². The molecule has 0 unspecified atom stereocenters. The Balaban J connectivity index is 0.00000225. The predicted molar refractivity (Wildman–Crippen MR) is 57.5 cm³/mol. The molecule has 0 aliphatic heterocycles. The van der Waals surface area contributed by atoms with Crippen molar-refractivity contribution in [3.05, 3.63) is 36.8 Å². The van der Waals surface area contributed by atoms with E-state index in [4.69, 9.17) is 13.9 Å². The summed E-state index contributed by atoms with van der Waals surface area (Å²) in [7, 11) is 0. The summed E-state index contributed by atoms with van der Waals surface area (Å²) in [6.07, 6.45) is 5.12. The summed E-state index contributed by atoms with van der Waals surface area (Å²) >= 11 is 0. The molecule has 0 aliphatic carbocycles. The molecule has 1 aromatic heterocycles. The van der Waals surface area contributed by atoms with Gasteiger partial charge >= 0.3 is 18.9 Å². The maximum atomic E-state index is 5.62. The molecule has 0 amide bonds. The summed E-state index contributed by atoms with van der Waals surface area (Å²) < 4.78 is 16.0. The van der Waals surface area contributed by atoms with Gasteiger partial charge in [-0.3, -0.25) is 0 Å². The van der Waals surface area contributed by atoms with E-state index in [1.165, 1.54) is 0 Å². The van der Waals surface area contributed by atoms with E-state index in [-0.39, 0.29) is 25.0 Å². The third kappa shape index (κ3) is 5.57. The average Bonchev–Trinajstić information content (AvgIpc) is 2.76. The summed E-state index contributed by atoms with van der Waals surface area (Å²) in [4.78, 5) is 0. The Labute approximate surface area is 109 Å². The van der Waals surface area contributed by atoms with E-state index in [0.29, 0.717) is 19.8 Å². The van der Waals surface area contributed by atoms with E-state index in [9.17, 15) is 0 Å². The van der Waals surface area contributed by atoms with Crippen LogP contribution in [0.2, 0.25) is 0 Å². The van der Waals surface area contributed by atoms with Gasteiger partial charge in [-0.15, -0.1) is 12.6 Å². The van der Waals surface area contributed by atoms with Gasteiger partial charge in [-0.2, -0.15) is 6.07 Å². The zero-order chi connectivity index (χ0) is 10.9.